The molecule has 2 aromatic rings. The molecule has 1 fully saturated rings. The number of piperazine rings is 1. The van der Waals surface area contributed by atoms with E-state index in [0.717, 1.165) is 37.4 Å². The Labute approximate surface area is 169 Å². The number of amides is 1. The van der Waals surface area contributed by atoms with Gasteiger partial charge in [0.05, 0.1) is 26.2 Å². The van der Waals surface area contributed by atoms with Crippen molar-refractivity contribution in [1.82, 2.24) is 0 Å². The molecule has 0 unspecified atom stereocenters. The maximum Gasteiger partial charge on any atom is 0.282 e. The van der Waals surface area contributed by atoms with Gasteiger partial charge in [0.25, 0.3) is 5.91 Å². The number of hydrogen-bond acceptors (Lipinski definition) is 2. The van der Waals surface area contributed by atoms with E-state index in [1.807, 2.05) is 0 Å². The third-order valence-corrected chi connectivity index (χ3v) is 6.04. The molecule has 4 heteroatoms. The molecule has 0 bridgehead atoms. The second kappa shape index (κ2) is 8.78. The van der Waals surface area contributed by atoms with Crippen LogP contribution in [0.1, 0.15) is 43.4 Å². The molecule has 0 aromatic heterocycles. The summed E-state index contributed by atoms with van der Waals surface area (Å²) in [5, 5.41) is 3.24. The highest BCUT2D eigenvalue weighted by Crippen LogP contribution is 2.27. The number of aryl methyl sites for hydroxylation is 2. The minimum Gasteiger partial charge on any atom is -0.360 e. The molecule has 3 rings (SSSR count). The Kier molecular flexibility index (Phi) is 6.40. The van der Waals surface area contributed by atoms with Crippen molar-refractivity contribution in [3.05, 3.63) is 59.2 Å². The summed E-state index contributed by atoms with van der Waals surface area (Å²) in [4.78, 5) is 16.8. The topological polar surface area (TPSA) is 36.8 Å². The quantitative estimate of drug-likeness (QED) is 0.836. The third-order valence-electron chi connectivity index (χ3n) is 6.04. The Morgan fingerprint density at radius 3 is 2.25 bits per heavy atom. The first-order chi connectivity index (χ1) is 13.4. The van der Waals surface area contributed by atoms with Gasteiger partial charge < -0.3 is 15.1 Å². The summed E-state index contributed by atoms with van der Waals surface area (Å²) in [6.07, 6.45) is 0. The van der Waals surface area contributed by atoms with Gasteiger partial charge >= 0.3 is 0 Å². The number of quaternary nitrogens is 1. The van der Waals surface area contributed by atoms with Gasteiger partial charge in [0, 0.05) is 11.4 Å². The smallest absolute Gasteiger partial charge is 0.282 e. The van der Waals surface area contributed by atoms with Crippen LogP contribution in [0, 0.1) is 13.8 Å². The number of nitrogens with zero attached hydrogens (tertiary/aromatic N) is 1. The molecule has 2 aromatic carbocycles. The molecule has 4 nitrogen and oxygen atoms in total. The third kappa shape index (κ3) is 4.39. The lowest BCUT2D eigenvalue weighted by Gasteiger charge is -2.36. The Balaban J connectivity index is 1.64. The number of anilines is 2. The number of para-hydroxylation sites is 2. The zero-order chi connectivity index (χ0) is 20.3. The highest BCUT2D eigenvalue weighted by atomic mass is 16.2. The summed E-state index contributed by atoms with van der Waals surface area (Å²) in [7, 11) is 0. The zero-order valence-electron chi connectivity index (χ0n) is 17.9. The number of nitrogens with one attached hydrogen (secondary N) is 2. The molecule has 1 atom stereocenters. The molecule has 0 saturated carbocycles. The van der Waals surface area contributed by atoms with Crippen molar-refractivity contribution in [2.45, 2.75) is 46.6 Å². The van der Waals surface area contributed by atoms with Crippen molar-refractivity contribution in [2.75, 3.05) is 36.4 Å². The fraction of sp³-hybridized carbons (Fsp3) is 0.458. The number of carbonyl (C=O) groups excluding carboxylic acids is 1. The van der Waals surface area contributed by atoms with Crippen LogP contribution < -0.4 is 15.1 Å². The number of carbonyl (C=O) groups is 1. The van der Waals surface area contributed by atoms with Crippen molar-refractivity contribution >= 4 is 17.3 Å². The molecule has 1 saturated heterocycles. The number of rotatable bonds is 5. The molecule has 28 heavy (non-hydrogen) atoms. The van der Waals surface area contributed by atoms with Gasteiger partial charge in [-0.3, -0.25) is 4.79 Å². The van der Waals surface area contributed by atoms with E-state index in [-0.39, 0.29) is 11.9 Å². The predicted octanol–water partition coefficient (Wildman–Crippen LogP) is 3.16. The van der Waals surface area contributed by atoms with Crippen molar-refractivity contribution in [1.29, 1.82) is 0 Å². The fourth-order valence-electron chi connectivity index (χ4n) is 4.15. The second-order valence-electron chi connectivity index (χ2n) is 8.34. The second-order valence-corrected chi connectivity index (χ2v) is 8.34. The lowest BCUT2D eigenvalue weighted by molar-refractivity contribution is -0.914. The van der Waals surface area contributed by atoms with E-state index in [0.29, 0.717) is 5.92 Å². The molecule has 0 spiro atoms. The lowest BCUT2D eigenvalue weighted by Crippen LogP contribution is -3.19. The van der Waals surface area contributed by atoms with Gasteiger partial charge in [0.15, 0.2) is 6.04 Å². The largest absolute Gasteiger partial charge is 0.360 e. The SMILES string of the molecule is Cc1ccccc1N1CC[NH+]([C@@H](C)C(=O)Nc2c(C)cccc2C(C)C)CC1. The van der Waals surface area contributed by atoms with Gasteiger partial charge in [-0.15, -0.1) is 0 Å². The molecule has 1 aliphatic heterocycles. The summed E-state index contributed by atoms with van der Waals surface area (Å²) in [6.45, 7) is 14.6. The van der Waals surface area contributed by atoms with Crippen molar-refractivity contribution in [2.24, 2.45) is 0 Å². The molecule has 0 aliphatic carbocycles. The first-order valence-electron chi connectivity index (χ1n) is 10.4. The standard InChI is InChI=1S/C24H33N3O/c1-17(2)21-11-8-10-19(4)23(21)25-24(28)20(5)26-13-15-27(16-14-26)22-12-7-6-9-18(22)3/h6-12,17,20H,13-16H2,1-5H3,(H,25,28)/p+1/t20-/m0/s1. The van der Waals surface area contributed by atoms with E-state index < -0.39 is 0 Å². The van der Waals surface area contributed by atoms with Crippen molar-refractivity contribution in [3.8, 4) is 0 Å². The van der Waals surface area contributed by atoms with Gasteiger partial charge in [-0.05, 0) is 49.4 Å². The zero-order valence-corrected chi connectivity index (χ0v) is 17.9. The highest BCUT2D eigenvalue weighted by molar-refractivity contribution is 5.95. The summed E-state index contributed by atoms with van der Waals surface area (Å²) < 4.78 is 0. The highest BCUT2D eigenvalue weighted by Gasteiger charge is 2.30. The average Bonchev–Trinajstić information content (AvgIpc) is 2.69. The van der Waals surface area contributed by atoms with Crippen LogP contribution in [0.25, 0.3) is 0 Å². The van der Waals surface area contributed by atoms with Crippen molar-refractivity contribution in [3.63, 3.8) is 0 Å². The lowest BCUT2D eigenvalue weighted by atomic mass is 9.98. The van der Waals surface area contributed by atoms with Gasteiger partial charge in [-0.2, -0.15) is 0 Å². The first kappa shape index (κ1) is 20.4. The number of hydrogen-bond donors (Lipinski definition) is 2. The van der Waals surface area contributed by atoms with Crippen molar-refractivity contribution < 1.29 is 9.69 Å². The summed E-state index contributed by atoms with van der Waals surface area (Å²) >= 11 is 0. The normalized spacial score (nSPS) is 16.3. The van der Waals surface area contributed by atoms with Crippen LogP contribution >= 0.6 is 0 Å². The van der Waals surface area contributed by atoms with Gasteiger partial charge in [-0.1, -0.05) is 50.2 Å². The van der Waals surface area contributed by atoms with E-state index in [1.54, 1.807) is 0 Å². The molecule has 1 aliphatic rings. The van der Waals surface area contributed by atoms with E-state index in [2.05, 4.69) is 87.3 Å². The van der Waals surface area contributed by atoms with Crippen LogP contribution in [0.2, 0.25) is 0 Å². The minimum atomic E-state index is -0.0568. The van der Waals surface area contributed by atoms with E-state index >= 15 is 0 Å². The van der Waals surface area contributed by atoms with Crippen LogP contribution in [0.5, 0.6) is 0 Å². The Morgan fingerprint density at radius 1 is 0.964 bits per heavy atom. The summed E-state index contributed by atoms with van der Waals surface area (Å²) in [6, 6.07) is 14.8. The van der Waals surface area contributed by atoms with Crippen LogP contribution in [-0.2, 0) is 4.79 Å². The monoisotopic (exact) mass is 380 g/mol. The molecule has 1 heterocycles. The molecule has 1 amide bonds. The maximum atomic E-state index is 13.0. The molecule has 0 radical (unpaired) electrons. The first-order valence-corrected chi connectivity index (χ1v) is 10.4. The van der Waals surface area contributed by atoms with Crippen LogP contribution in [0.15, 0.2) is 42.5 Å². The molecular formula is C24H34N3O+. The van der Waals surface area contributed by atoms with Gasteiger partial charge in [-0.25, -0.2) is 0 Å². The Hall–Kier alpha value is -2.33. The summed E-state index contributed by atoms with van der Waals surface area (Å²) in [5.41, 5.74) is 5.97. The van der Waals surface area contributed by atoms with Crippen LogP contribution in [-0.4, -0.2) is 38.1 Å². The predicted molar refractivity (Wildman–Crippen MR) is 117 cm³/mol. The molecule has 2 N–H and O–H groups in total. The number of benzene rings is 2. The Morgan fingerprint density at radius 2 is 1.61 bits per heavy atom. The van der Waals surface area contributed by atoms with E-state index in [9.17, 15) is 4.79 Å². The van der Waals surface area contributed by atoms with E-state index in [1.165, 1.54) is 21.7 Å². The average molecular weight is 381 g/mol. The fourth-order valence-corrected chi connectivity index (χ4v) is 4.15. The summed E-state index contributed by atoms with van der Waals surface area (Å²) in [5.74, 6) is 0.506. The van der Waals surface area contributed by atoms with Gasteiger partial charge in [0.1, 0.15) is 0 Å². The van der Waals surface area contributed by atoms with E-state index in [4.69, 9.17) is 0 Å². The minimum absolute atomic E-state index is 0.0568. The van der Waals surface area contributed by atoms with Gasteiger partial charge in [0.2, 0.25) is 0 Å². The van der Waals surface area contributed by atoms with Crippen LogP contribution in [0.4, 0.5) is 11.4 Å². The maximum absolute atomic E-state index is 13.0. The molecule has 150 valence electrons. The Bertz CT molecular complexity index is 822. The van der Waals surface area contributed by atoms with Crippen LogP contribution in [0.3, 0.4) is 0 Å². The molecular weight excluding hydrogens is 346 g/mol.